The minimum absolute atomic E-state index is 0.393. The predicted octanol–water partition coefficient (Wildman–Crippen LogP) is 3.28. The quantitative estimate of drug-likeness (QED) is 0.913. The number of carboxylic acid groups (broad SMARTS) is 1. The molecule has 0 bridgehead atoms. The molecular formula is C12H11ClO4. The molecule has 1 heterocycles. The van der Waals surface area contributed by atoms with Gasteiger partial charge >= 0.3 is 5.97 Å². The van der Waals surface area contributed by atoms with Gasteiger partial charge in [-0.05, 0) is 24.6 Å². The van der Waals surface area contributed by atoms with Crippen LogP contribution >= 0.6 is 11.6 Å². The van der Waals surface area contributed by atoms with Crippen molar-refractivity contribution in [2.75, 3.05) is 7.11 Å². The first-order chi connectivity index (χ1) is 8.06. The number of methoxy groups -OCH3 is 1. The van der Waals surface area contributed by atoms with Crippen LogP contribution in [0.25, 0.3) is 11.0 Å². The summed E-state index contributed by atoms with van der Waals surface area (Å²) in [6.07, 6.45) is 1.49. The molecule has 5 heteroatoms. The Morgan fingerprint density at radius 3 is 2.88 bits per heavy atom. The van der Waals surface area contributed by atoms with Crippen LogP contribution in [-0.4, -0.2) is 18.2 Å². The Labute approximate surface area is 103 Å². The van der Waals surface area contributed by atoms with E-state index < -0.39 is 11.9 Å². The summed E-state index contributed by atoms with van der Waals surface area (Å²) < 4.78 is 10.4. The number of halogens is 1. The summed E-state index contributed by atoms with van der Waals surface area (Å²) >= 11 is 6.17. The van der Waals surface area contributed by atoms with E-state index in [9.17, 15) is 4.79 Å². The van der Waals surface area contributed by atoms with Crippen LogP contribution in [0.4, 0.5) is 0 Å². The number of hydrogen-bond acceptors (Lipinski definition) is 3. The highest BCUT2D eigenvalue weighted by Gasteiger charge is 2.21. The van der Waals surface area contributed by atoms with Gasteiger partial charge in [0.05, 0.1) is 24.3 Å². The van der Waals surface area contributed by atoms with Crippen LogP contribution in [-0.2, 0) is 4.79 Å². The van der Waals surface area contributed by atoms with Gasteiger partial charge in [0.25, 0.3) is 0 Å². The number of hydrogen-bond donors (Lipinski definition) is 1. The molecule has 1 N–H and O–H groups in total. The smallest absolute Gasteiger partial charge is 0.310 e. The summed E-state index contributed by atoms with van der Waals surface area (Å²) in [6, 6.07) is 3.30. The summed E-state index contributed by atoms with van der Waals surface area (Å²) in [5.41, 5.74) is 1.05. The molecule has 4 nitrogen and oxygen atoms in total. The highest BCUT2D eigenvalue weighted by molar-refractivity contribution is 6.36. The van der Waals surface area contributed by atoms with E-state index in [0.29, 0.717) is 27.3 Å². The van der Waals surface area contributed by atoms with E-state index in [0.717, 1.165) is 0 Å². The highest BCUT2D eigenvalue weighted by Crippen LogP contribution is 2.38. The molecular weight excluding hydrogens is 244 g/mol. The maximum Gasteiger partial charge on any atom is 0.310 e. The van der Waals surface area contributed by atoms with E-state index in [1.54, 1.807) is 19.1 Å². The molecule has 0 aliphatic rings. The Balaban J connectivity index is 2.71. The first-order valence-corrected chi connectivity index (χ1v) is 5.40. The van der Waals surface area contributed by atoms with E-state index in [1.165, 1.54) is 13.4 Å². The van der Waals surface area contributed by atoms with E-state index in [1.807, 2.05) is 0 Å². The van der Waals surface area contributed by atoms with Crippen LogP contribution in [0.1, 0.15) is 18.4 Å². The minimum Gasteiger partial charge on any atom is -0.493 e. The molecule has 0 saturated carbocycles. The Morgan fingerprint density at radius 1 is 1.59 bits per heavy atom. The van der Waals surface area contributed by atoms with Crippen LogP contribution in [0.2, 0.25) is 5.02 Å². The van der Waals surface area contributed by atoms with Crippen molar-refractivity contribution >= 4 is 28.5 Å². The second-order valence-corrected chi connectivity index (χ2v) is 4.08. The molecule has 17 heavy (non-hydrogen) atoms. The third kappa shape index (κ3) is 1.85. The fraction of sp³-hybridized carbons (Fsp3) is 0.250. The predicted molar refractivity (Wildman–Crippen MR) is 63.8 cm³/mol. The van der Waals surface area contributed by atoms with Crippen molar-refractivity contribution in [3.8, 4) is 5.75 Å². The average molecular weight is 255 g/mol. The monoisotopic (exact) mass is 254 g/mol. The van der Waals surface area contributed by atoms with Gasteiger partial charge in [0.2, 0.25) is 0 Å². The van der Waals surface area contributed by atoms with Gasteiger partial charge in [-0.25, -0.2) is 0 Å². The maximum atomic E-state index is 11.0. The number of ether oxygens (including phenoxy) is 1. The number of fused-ring (bicyclic) bond motifs is 1. The van der Waals surface area contributed by atoms with Crippen LogP contribution in [0.5, 0.6) is 5.75 Å². The lowest BCUT2D eigenvalue weighted by Crippen LogP contribution is -2.08. The molecule has 2 aromatic rings. The minimum atomic E-state index is -0.934. The average Bonchev–Trinajstić information content (AvgIpc) is 2.78. The number of rotatable bonds is 3. The van der Waals surface area contributed by atoms with Gasteiger partial charge in [0.1, 0.15) is 0 Å². The molecule has 2 rings (SSSR count). The Bertz CT molecular complexity index is 573. The molecule has 1 unspecified atom stereocenters. The largest absolute Gasteiger partial charge is 0.493 e. The van der Waals surface area contributed by atoms with E-state index >= 15 is 0 Å². The molecule has 0 aliphatic carbocycles. The molecule has 0 spiro atoms. The summed E-state index contributed by atoms with van der Waals surface area (Å²) in [5.74, 6) is -1.15. The van der Waals surface area contributed by atoms with Crippen LogP contribution in [0.15, 0.2) is 22.8 Å². The van der Waals surface area contributed by atoms with E-state index in [2.05, 4.69) is 0 Å². The van der Waals surface area contributed by atoms with Gasteiger partial charge in [-0.1, -0.05) is 11.6 Å². The second-order valence-electron chi connectivity index (χ2n) is 3.71. The number of carboxylic acids is 1. The van der Waals surface area contributed by atoms with Gasteiger partial charge in [-0.15, -0.1) is 0 Å². The topological polar surface area (TPSA) is 59.7 Å². The van der Waals surface area contributed by atoms with Gasteiger partial charge in [-0.2, -0.15) is 0 Å². The SMILES string of the molecule is COc1cc(C(C)C(=O)O)c(Cl)c2ccoc12. The summed E-state index contributed by atoms with van der Waals surface area (Å²) in [7, 11) is 1.50. The lowest BCUT2D eigenvalue weighted by molar-refractivity contribution is -0.138. The van der Waals surface area contributed by atoms with Gasteiger partial charge < -0.3 is 14.3 Å². The molecule has 0 fully saturated rings. The third-order valence-electron chi connectivity index (χ3n) is 2.72. The van der Waals surface area contributed by atoms with Crippen LogP contribution in [0.3, 0.4) is 0 Å². The normalized spacial score (nSPS) is 12.6. The Morgan fingerprint density at radius 2 is 2.29 bits per heavy atom. The lowest BCUT2D eigenvalue weighted by atomic mass is 9.99. The van der Waals surface area contributed by atoms with Crippen molar-refractivity contribution in [3.63, 3.8) is 0 Å². The standard InChI is InChI=1S/C12H11ClO4/c1-6(12(14)15)8-5-9(16-2)11-7(10(8)13)3-4-17-11/h3-6H,1-2H3,(H,14,15). The van der Waals surface area contributed by atoms with Gasteiger partial charge in [0.15, 0.2) is 11.3 Å². The van der Waals surface area contributed by atoms with Crippen LogP contribution < -0.4 is 4.74 Å². The summed E-state index contributed by atoms with van der Waals surface area (Å²) in [4.78, 5) is 11.0. The number of benzene rings is 1. The lowest BCUT2D eigenvalue weighted by Gasteiger charge is -2.11. The molecule has 0 radical (unpaired) electrons. The van der Waals surface area contributed by atoms with Crippen LogP contribution in [0, 0.1) is 0 Å². The van der Waals surface area contributed by atoms with Crippen molar-refractivity contribution in [1.29, 1.82) is 0 Å². The Kier molecular flexibility index (Phi) is 2.98. The second kappa shape index (κ2) is 4.30. The summed E-state index contributed by atoms with van der Waals surface area (Å²) in [5, 5.41) is 10.1. The zero-order chi connectivity index (χ0) is 12.6. The molecule has 0 aliphatic heterocycles. The molecule has 1 aromatic heterocycles. The first-order valence-electron chi connectivity index (χ1n) is 5.02. The van der Waals surface area contributed by atoms with Crippen molar-refractivity contribution in [3.05, 3.63) is 29.0 Å². The highest BCUT2D eigenvalue weighted by atomic mass is 35.5. The number of aliphatic carboxylic acids is 1. The van der Waals surface area contributed by atoms with Crippen molar-refractivity contribution in [2.45, 2.75) is 12.8 Å². The van der Waals surface area contributed by atoms with Crippen molar-refractivity contribution < 1.29 is 19.1 Å². The van der Waals surface area contributed by atoms with E-state index in [4.69, 9.17) is 25.9 Å². The Hall–Kier alpha value is -1.68. The van der Waals surface area contributed by atoms with E-state index in [-0.39, 0.29) is 0 Å². The zero-order valence-electron chi connectivity index (χ0n) is 9.36. The van der Waals surface area contributed by atoms with Gasteiger partial charge in [0, 0.05) is 5.39 Å². The maximum absolute atomic E-state index is 11.0. The fourth-order valence-electron chi connectivity index (χ4n) is 1.70. The van der Waals surface area contributed by atoms with Gasteiger partial charge in [-0.3, -0.25) is 4.79 Å². The van der Waals surface area contributed by atoms with Crippen molar-refractivity contribution in [2.24, 2.45) is 0 Å². The fourth-order valence-corrected chi connectivity index (χ4v) is 2.07. The first kappa shape index (κ1) is 11.8. The molecule has 90 valence electrons. The number of carbonyl (C=O) groups is 1. The number of furan rings is 1. The molecule has 1 aromatic carbocycles. The summed E-state index contributed by atoms with van der Waals surface area (Å²) in [6.45, 7) is 1.58. The molecule has 0 amide bonds. The third-order valence-corrected chi connectivity index (χ3v) is 3.14. The zero-order valence-corrected chi connectivity index (χ0v) is 10.1. The van der Waals surface area contributed by atoms with Crippen molar-refractivity contribution in [1.82, 2.24) is 0 Å². The molecule has 1 atom stereocenters. The molecule has 0 saturated heterocycles.